The van der Waals surface area contributed by atoms with Crippen LogP contribution >= 0.6 is 0 Å². The van der Waals surface area contributed by atoms with E-state index in [2.05, 4.69) is 8.37 Å². The molecule has 0 aliphatic rings. The highest BCUT2D eigenvalue weighted by molar-refractivity contribution is 7.87. The highest BCUT2D eigenvalue weighted by Gasteiger charge is 2.30. The molecule has 2 aromatic rings. The molecule has 0 saturated heterocycles. The predicted octanol–water partition coefficient (Wildman–Crippen LogP) is 3.08. The van der Waals surface area contributed by atoms with Crippen molar-refractivity contribution in [1.29, 1.82) is 0 Å². The van der Waals surface area contributed by atoms with E-state index in [4.69, 9.17) is 0 Å². The van der Waals surface area contributed by atoms with Crippen LogP contribution in [0.3, 0.4) is 0 Å². The van der Waals surface area contributed by atoms with Gasteiger partial charge < -0.3 is 0 Å². The third-order valence-corrected chi connectivity index (χ3v) is 5.70. The van der Waals surface area contributed by atoms with Gasteiger partial charge in [0.2, 0.25) is 0 Å². The molecular weight excluding hydrogens is 397 g/mol. The number of halogens is 3. The number of aryl methyl sites for hydroxylation is 1. The van der Waals surface area contributed by atoms with Gasteiger partial charge in [0.15, 0.2) is 6.79 Å². The van der Waals surface area contributed by atoms with Crippen LogP contribution < -0.4 is 0 Å². The standard InChI is InChI=1S/C15H13F3O6S2/c1-11-2-6-13(7-3-11)25(19,20)23-10-24-26(21,22)14-8-4-12(5-9-14)15(16,17)18/h2-9H,10H2,1H3. The first-order chi connectivity index (χ1) is 11.9. The summed E-state index contributed by atoms with van der Waals surface area (Å²) < 4.78 is 93.9. The van der Waals surface area contributed by atoms with E-state index in [0.29, 0.717) is 24.3 Å². The van der Waals surface area contributed by atoms with Gasteiger partial charge in [-0.2, -0.15) is 30.0 Å². The van der Waals surface area contributed by atoms with Crippen LogP contribution in [0.4, 0.5) is 13.2 Å². The largest absolute Gasteiger partial charge is 0.416 e. The molecule has 0 heterocycles. The minimum Gasteiger partial charge on any atom is -0.236 e. The van der Waals surface area contributed by atoms with Gasteiger partial charge in [0.1, 0.15) is 0 Å². The predicted molar refractivity (Wildman–Crippen MR) is 84.0 cm³/mol. The molecule has 2 aromatic carbocycles. The van der Waals surface area contributed by atoms with Crippen molar-refractivity contribution in [2.75, 3.05) is 6.79 Å². The van der Waals surface area contributed by atoms with Crippen molar-refractivity contribution in [3.63, 3.8) is 0 Å². The average Bonchev–Trinajstić information content (AvgIpc) is 2.54. The van der Waals surface area contributed by atoms with Gasteiger partial charge in [-0.05, 0) is 43.3 Å². The topological polar surface area (TPSA) is 86.7 Å². The summed E-state index contributed by atoms with van der Waals surface area (Å²) in [5.41, 5.74) is -0.222. The molecule has 0 unspecified atom stereocenters. The maximum atomic E-state index is 12.5. The molecule has 0 aromatic heterocycles. The maximum Gasteiger partial charge on any atom is 0.416 e. The molecule has 6 nitrogen and oxygen atoms in total. The van der Waals surface area contributed by atoms with Crippen molar-refractivity contribution >= 4 is 20.2 Å². The fraction of sp³-hybridized carbons (Fsp3) is 0.200. The Morgan fingerprint density at radius 1 is 0.769 bits per heavy atom. The van der Waals surface area contributed by atoms with Gasteiger partial charge in [-0.3, -0.25) is 0 Å². The molecule has 0 aliphatic carbocycles. The van der Waals surface area contributed by atoms with Crippen LogP contribution in [0.1, 0.15) is 11.1 Å². The van der Waals surface area contributed by atoms with Crippen molar-refractivity contribution in [1.82, 2.24) is 0 Å². The van der Waals surface area contributed by atoms with Gasteiger partial charge in [-0.25, -0.2) is 8.37 Å². The van der Waals surface area contributed by atoms with Crippen molar-refractivity contribution in [2.24, 2.45) is 0 Å². The smallest absolute Gasteiger partial charge is 0.236 e. The summed E-state index contributed by atoms with van der Waals surface area (Å²) in [7, 11) is -8.74. The fourth-order valence-electron chi connectivity index (χ4n) is 1.80. The molecule has 0 spiro atoms. The number of hydrogen-bond donors (Lipinski definition) is 0. The molecule has 142 valence electrons. The Hall–Kier alpha value is -1.95. The molecule has 0 aliphatic heterocycles. The van der Waals surface area contributed by atoms with Gasteiger partial charge in [-0.15, -0.1) is 0 Å². The monoisotopic (exact) mass is 410 g/mol. The quantitative estimate of drug-likeness (QED) is 0.537. The molecular formula is C15H13F3O6S2. The van der Waals surface area contributed by atoms with Crippen LogP contribution in [0.15, 0.2) is 58.3 Å². The van der Waals surface area contributed by atoms with E-state index in [0.717, 1.165) is 5.56 Å². The molecule has 0 atom stereocenters. The van der Waals surface area contributed by atoms with Crippen LogP contribution in [0, 0.1) is 6.92 Å². The number of rotatable bonds is 6. The third-order valence-electron chi connectivity index (χ3n) is 3.19. The average molecular weight is 410 g/mol. The Balaban J connectivity index is 2.05. The summed E-state index contributed by atoms with van der Waals surface area (Å²) in [6, 6.07) is 8.13. The Bertz CT molecular complexity index is 964. The highest BCUT2D eigenvalue weighted by Crippen LogP contribution is 2.30. The summed E-state index contributed by atoms with van der Waals surface area (Å²) >= 11 is 0. The number of hydrogen-bond acceptors (Lipinski definition) is 6. The zero-order valence-electron chi connectivity index (χ0n) is 13.2. The van der Waals surface area contributed by atoms with Crippen molar-refractivity contribution in [2.45, 2.75) is 22.9 Å². The minimum absolute atomic E-state index is 0.196. The van der Waals surface area contributed by atoms with Gasteiger partial charge in [0.05, 0.1) is 15.4 Å². The normalized spacial score (nSPS) is 12.9. The molecule has 0 bridgehead atoms. The summed E-state index contributed by atoms with van der Waals surface area (Å²) in [6.07, 6.45) is -4.62. The number of alkyl halides is 3. The lowest BCUT2D eigenvalue weighted by Crippen LogP contribution is -2.14. The van der Waals surface area contributed by atoms with E-state index in [1.165, 1.54) is 24.3 Å². The molecule has 0 saturated carbocycles. The molecule has 0 radical (unpaired) electrons. The fourth-order valence-corrected chi connectivity index (χ4v) is 3.42. The number of benzene rings is 2. The van der Waals surface area contributed by atoms with Crippen molar-refractivity contribution < 1.29 is 38.4 Å². The SMILES string of the molecule is Cc1ccc(S(=O)(=O)OCOS(=O)(=O)c2ccc(C(F)(F)F)cc2)cc1. The summed E-state index contributed by atoms with van der Waals surface area (Å²) in [6.45, 7) is 0.594. The first-order valence-corrected chi connectivity index (χ1v) is 9.76. The Morgan fingerprint density at radius 3 is 1.54 bits per heavy atom. The van der Waals surface area contributed by atoms with Crippen LogP contribution in [0.25, 0.3) is 0 Å². The maximum absolute atomic E-state index is 12.5. The van der Waals surface area contributed by atoms with Gasteiger partial charge in [0.25, 0.3) is 20.2 Å². The Morgan fingerprint density at radius 2 is 1.15 bits per heavy atom. The second-order valence-corrected chi connectivity index (χ2v) is 8.33. The first-order valence-electron chi connectivity index (χ1n) is 6.95. The van der Waals surface area contributed by atoms with Crippen molar-refractivity contribution in [3.05, 3.63) is 59.7 Å². The van der Waals surface area contributed by atoms with Crippen LogP contribution in [-0.4, -0.2) is 23.6 Å². The van der Waals surface area contributed by atoms with Gasteiger partial charge >= 0.3 is 6.18 Å². The first kappa shape index (κ1) is 20.4. The summed E-state index contributed by atoms with van der Waals surface area (Å²) in [4.78, 5) is -0.763. The zero-order chi connectivity index (χ0) is 19.6. The van der Waals surface area contributed by atoms with Gasteiger partial charge in [0, 0.05) is 0 Å². The van der Waals surface area contributed by atoms with Crippen LogP contribution in [-0.2, 0) is 34.8 Å². The van der Waals surface area contributed by atoms with E-state index < -0.39 is 43.7 Å². The molecule has 2 rings (SSSR count). The summed E-state index contributed by atoms with van der Waals surface area (Å²) in [5.74, 6) is 0. The lowest BCUT2D eigenvalue weighted by molar-refractivity contribution is -0.137. The van der Waals surface area contributed by atoms with E-state index in [1.807, 2.05) is 0 Å². The molecule has 0 N–H and O–H groups in total. The minimum atomic E-state index is -4.62. The molecule has 0 amide bonds. The van der Waals surface area contributed by atoms with Crippen molar-refractivity contribution in [3.8, 4) is 0 Å². The Labute approximate surface area is 148 Å². The van der Waals surface area contributed by atoms with E-state index >= 15 is 0 Å². The van der Waals surface area contributed by atoms with E-state index in [1.54, 1.807) is 6.92 Å². The molecule has 11 heteroatoms. The third kappa shape index (κ3) is 5.04. The van der Waals surface area contributed by atoms with E-state index in [-0.39, 0.29) is 4.90 Å². The Kier molecular flexibility index (Phi) is 5.76. The second kappa shape index (κ2) is 7.35. The van der Waals surface area contributed by atoms with Gasteiger partial charge in [-0.1, -0.05) is 17.7 Å². The lowest BCUT2D eigenvalue weighted by Gasteiger charge is -2.09. The molecule has 26 heavy (non-hydrogen) atoms. The second-order valence-electron chi connectivity index (χ2n) is 5.10. The summed E-state index contributed by atoms with van der Waals surface area (Å²) in [5, 5.41) is 0. The van der Waals surface area contributed by atoms with E-state index in [9.17, 15) is 30.0 Å². The zero-order valence-corrected chi connectivity index (χ0v) is 14.9. The molecule has 0 fully saturated rings. The van der Waals surface area contributed by atoms with Crippen LogP contribution in [0.2, 0.25) is 0 Å². The van der Waals surface area contributed by atoms with Crippen LogP contribution in [0.5, 0.6) is 0 Å². The highest BCUT2D eigenvalue weighted by atomic mass is 32.2. The lowest BCUT2D eigenvalue weighted by atomic mass is 10.2.